The number of hydrogen-bond donors (Lipinski definition) is 2. The Morgan fingerprint density at radius 2 is 1.92 bits per heavy atom. The van der Waals surface area contributed by atoms with Gasteiger partial charge in [-0.05, 0) is 31.1 Å². The summed E-state index contributed by atoms with van der Waals surface area (Å²) in [4.78, 5) is 0. The van der Waals surface area contributed by atoms with Crippen LogP contribution in [0.4, 0.5) is 4.39 Å². The molecule has 1 aromatic carbocycles. The Hall–Kier alpha value is -0.930. The van der Waals surface area contributed by atoms with Crippen LogP contribution in [0.15, 0.2) is 24.3 Å². The summed E-state index contributed by atoms with van der Waals surface area (Å²) < 4.78 is 13.3. The molecule has 72 valence electrons. The van der Waals surface area contributed by atoms with Crippen LogP contribution in [0.25, 0.3) is 0 Å². The van der Waals surface area contributed by atoms with Crippen molar-refractivity contribution >= 4 is 0 Å². The van der Waals surface area contributed by atoms with Crippen molar-refractivity contribution in [2.75, 3.05) is 13.1 Å². The molecule has 0 saturated heterocycles. The Morgan fingerprint density at radius 1 is 1.23 bits per heavy atom. The monoisotopic (exact) mass is 182 g/mol. The maximum absolute atomic E-state index is 13.3. The molecule has 0 saturated carbocycles. The van der Waals surface area contributed by atoms with E-state index in [-0.39, 0.29) is 11.7 Å². The SMILES string of the molecule is NCCC(CN)c1ccccc1F. The van der Waals surface area contributed by atoms with Crippen molar-refractivity contribution in [2.45, 2.75) is 12.3 Å². The zero-order valence-electron chi connectivity index (χ0n) is 7.54. The summed E-state index contributed by atoms with van der Waals surface area (Å²) in [6.45, 7) is 0.980. The lowest BCUT2D eigenvalue weighted by atomic mass is 9.95. The van der Waals surface area contributed by atoms with Crippen LogP contribution in [-0.2, 0) is 0 Å². The average Bonchev–Trinajstić information content (AvgIpc) is 2.16. The molecule has 0 aliphatic carbocycles. The minimum absolute atomic E-state index is 0.0474. The van der Waals surface area contributed by atoms with Gasteiger partial charge in [0.15, 0.2) is 0 Å². The van der Waals surface area contributed by atoms with E-state index in [4.69, 9.17) is 11.5 Å². The van der Waals surface area contributed by atoms with Crippen LogP contribution in [0.3, 0.4) is 0 Å². The maximum atomic E-state index is 13.3. The molecule has 2 nitrogen and oxygen atoms in total. The maximum Gasteiger partial charge on any atom is 0.126 e. The van der Waals surface area contributed by atoms with E-state index in [9.17, 15) is 4.39 Å². The van der Waals surface area contributed by atoms with E-state index < -0.39 is 0 Å². The third kappa shape index (κ3) is 2.50. The first-order valence-corrected chi connectivity index (χ1v) is 4.44. The van der Waals surface area contributed by atoms with Gasteiger partial charge in [-0.25, -0.2) is 4.39 Å². The van der Waals surface area contributed by atoms with Crippen LogP contribution in [0, 0.1) is 5.82 Å². The molecule has 1 aromatic rings. The minimum Gasteiger partial charge on any atom is -0.330 e. The smallest absolute Gasteiger partial charge is 0.126 e. The summed E-state index contributed by atoms with van der Waals surface area (Å²) >= 11 is 0. The molecule has 4 N–H and O–H groups in total. The molecule has 13 heavy (non-hydrogen) atoms. The van der Waals surface area contributed by atoms with Crippen LogP contribution in [0.2, 0.25) is 0 Å². The normalized spacial score (nSPS) is 12.8. The van der Waals surface area contributed by atoms with E-state index in [1.807, 2.05) is 6.07 Å². The molecule has 0 bridgehead atoms. The van der Waals surface area contributed by atoms with Crippen LogP contribution in [0.1, 0.15) is 17.9 Å². The molecule has 0 spiro atoms. The lowest BCUT2D eigenvalue weighted by Crippen LogP contribution is -2.17. The fourth-order valence-electron chi connectivity index (χ4n) is 1.41. The van der Waals surface area contributed by atoms with E-state index >= 15 is 0 Å². The second kappa shape index (κ2) is 4.94. The first kappa shape index (κ1) is 10.2. The van der Waals surface area contributed by atoms with Crippen molar-refractivity contribution in [2.24, 2.45) is 11.5 Å². The summed E-state index contributed by atoms with van der Waals surface area (Å²) in [6, 6.07) is 6.71. The second-order valence-corrected chi connectivity index (χ2v) is 3.03. The lowest BCUT2D eigenvalue weighted by molar-refractivity contribution is 0.561. The molecule has 0 heterocycles. The summed E-state index contributed by atoms with van der Waals surface area (Å²) in [5, 5.41) is 0. The number of nitrogens with two attached hydrogens (primary N) is 2. The topological polar surface area (TPSA) is 52.0 Å². The molecule has 0 aromatic heterocycles. The summed E-state index contributed by atoms with van der Waals surface area (Å²) in [6.07, 6.45) is 0.734. The van der Waals surface area contributed by atoms with Crippen molar-refractivity contribution in [3.05, 3.63) is 35.6 Å². The Balaban J connectivity index is 2.84. The van der Waals surface area contributed by atoms with Gasteiger partial charge in [-0.2, -0.15) is 0 Å². The molecule has 0 fully saturated rings. The lowest BCUT2D eigenvalue weighted by Gasteiger charge is -2.14. The highest BCUT2D eigenvalue weighted by Crippen LogP contribution is 2.20. The van der Waals surface area contributed by atoms with Crippen molar-refractivity contribution in [1.29, 1.82) is 0 Å². The number of halogens is 1. The van der Waals surface area contributed by atoms with Crippen LogP contribution in [-0.4, -0.2) is 13.1 Å². The fraction of sp³-hybridized carbons (Fsp3) is 0.400. The number of benzene rings is 1. The van der Waals surface area contributed by atoms with Gasteiger partial charge in [0.1, 0.15) is 5.82 Å². The predicted octanol–water partition coefficient (Wildman–Crippen LogP) is 1.22. The van der Waals surface area contributed by atoms with Crippen molar-refractivity contribution < 1.29 is 4.39 Å². The highest BCUT2D eigenvalue weighted by atomic mass is 19.1. The summed E-state index contributed by atoms with van der Waals surface area (Å²) in [5.41, 5.74) is 11.6. The van der Waals surface area contributed by atoms with E-state index in [0.29, 0.717) is 18.7 Å². The molecule has 0 aliphatic rings. The zero-order chi connectivity index (χ0) is 9.68. The molecular weight excluding hydrogens is 167 g/mol. The molecule has 0 radical (unpaired) electrons. The Kier molecular flexibility index (Phi) is 3.86. The first-order chi connectivity index (χ1) is 6.29. The third-order valence-electron chi connectivity index (χ3n) is 2.14. The van der Waals surface area contributed by atoms with E-state index in [0.717, 1.165) is 6.42 Å². The minimum atomic E-state index is -0.189. The van der Waals surface area contributed by atoms with Gasteiger partial charge < -0.3 is 11.5 Å². The van der Waals surface area contributed by atoms with Crippen molar-refractivity contribution in [3.63, 3.8) is 0 Å². The van der Waals surface area contributed by atoms with Gasteiger partial charge in [-0.15, -0.1) is 0 Å². The van der Waals surface area contributed by atoms with E-state index in [1.54, 1.807) is 12.1 Å². The van der Waals surface area contributed by atoms with Gasteiger partial charge in [-0.3, -0.25) is 0 Å². The fourth-order valence-corrected chi connectivity index (χ4v) is 1.41. The standard InChI is InChI=1S/C10H15FN2/c11-10-4-2-1-3-9(10)8(7-13)5-6-12/h1-4,8H,5-7,12-13H2. The molecule has 3 heteroatoms. The van der Waals surface area contributed by atoms with Gasteiger partial charge >= 0.3 is 0 Å². The molecule has 0 aliphatic heterocycles. The highest BCUT2D eigenvalue weighted by Gasteiger charge is 2.12. The molecule has 1 rings (SSSR count). The first-order valence-electron chi connectivity index (χ1n) is 4.44. The molecule has 1 unspecified atom stereocenters. The highest BCUT2D eigenvalue weighted by molar-refractivity contribution is 5.22. The molecular formula is C10H15FN2. The molecule has 1 atom stereocenters. The van der Waals surface area contributed by atoms with Gasteiger partial charge in [0.25, 0.3) is 0 Å². The Labute approximate surface area is 77.7 Å². The summed E-state index contributed by atoms with van der Waals surface area (Å²) in [7, 11) is 0. The number of rotatable bonds is 4. The van der Waals surface area contributed by atoms with E-state index in [2.05, 4.69) is 0 Å². The second-order valence-electron chi connectivity index (χ2n) is 3.03. The van der Waals surface area contributed by atoms with Crippen LogP contribution >= 0.6 is 0 Å². The third-order valence-corrected chi connectivity index (χ3v) is 2.14. The largest absolute Gasteiger partial charge is 0.330 e. The van der Waals surface area contributed by atoms with Gasteiger partial charge in [0, 0.05) is 5.92 Å². The van der Waals surface area contributed by atoms with Gasteiger partial charge in [-0.1, -0.05) is 18.2 Å². The zero-order valence-corrected chi connectivity index (χ0v) is 7.54. The van der Waals surface area contributed by atoms with E-state index in [1.165, 1.54) is 6.07 Å². The number of hydrogen-bond acceptors (Lipinski definition) is 2. The quantitative estimate of drug-likeness (QED) is 0.735. The average molecular weight is 182 g/mol. The summed E-state index contributed by atoms with van der Waals surface area (Å²) in [5.74, 6) is -0.141. The Morgan fingerprint density at radius 3 is 2.46 bits per heavy atom. The van der Waals surface area contributed by atoms with Crippen molar-refractivity contribution in [1.82, 2.24) is 0 Å². The Bertz CT molecular complexity index is 263. The van der Waals surface area contributed by atoms with Crippen molar-refractivity contribution in [3.8, 4) is 0 Å². The van der Waals surface area contributed by atoms with Crippen LogP contribution in [0.5, 0.6) is 0 Å². The molecule has 0 amide bonds. The predicted molar refractivity (Wildman–Crippen MR) is 51.9 cm³/mol. The van der Waals surface area contributed by atoms with Gasteiger partial charge in [0.05, 0.1) is 0 Å². The van der Waals surface area contributed by atoms with Crippen LogP contribution < -0.4 is 11.5 Å². The van der Waals surface area contributed by atoms with Gasteiger partial charge in [0.2, 0.25) is 0 Å².